The fourth-order valence-electron chi connectivity index (χ4n) is 3.07. The number of ether oxygens (including phenoxy) is 2. The van der Waals surface area contributed by atoms with Gasteiger partial charge in [0.15, 0.2) is 6.61 Å². The molecule has 0 bridgehead atoms. The Labute approximate surface area is 191 Å². The number of carbonyl (C=O) groups excluding carboxylic acids is 3. The van der Waals surface area contributed by atoms with Crippen molar-refractivity contribution in [1.29, 1.82) is 0 Å². The van der Waals surface area contributed by atoms with Crippen molar-refractivity contribution in [3.63, 3.8) is 0 Å². The zero-order valence-corrected chi connectivity index (χ0v) is 18.0. The van der Waals surface area contributed by atoms with Gasteiger partial charge in [-0.15, -0.1) is 0 Å². The first kappa shape index (κ1) is 22.1. The molecule has 0 saturated heterocycles. The second-order valence-corrected chi connectivity index (χ2v) is 7.75. The highest BCUT2D eigenvalue weighted by atomic mass is 16.5. The van der Waals surface area contributed by atoms with Crippen LogP contribution < -0.4 is 15.4 Å². The minimum atomic E-state index is -0.599. The first-order valence-corrected chi connectivity index (χ1v) is 10.7. The summed E-state index contributed by atoms with van der Waals surface area (Å²) in [6, 6.07) is 23.1. The molecule has 7 nitrogen and oxygen atoms in total. The molecule has 1 aliphatic carbocycles. The molecule has 0 radical (unpaired) electrons. The smallest absolute Gasteiger partial charge is 0.338 e. The van der Waals surface area contributed by atoms with Crippen molar-refractivity contribution < 1.29 is 23.9 Å². The normalized spacial score (nSPS) is 12.5. The van der Waals surface area contributed by atoms with E-state index in [0.717, 1.165) is 24.2 Å². The van der Waals surface area contributed by atoms with Crippen LogP contribution in [-0.2, 0) is 16.1 Å². The van der Waals surface area contributed by atoms with Gasteiger partial charge in [0.1, 0.15) is 12.4 Å². The molecule has 0 aliphatic heterocycles. The number of esters is 1. The summed E-state index contributed by atoms with van der Waals surface area (Å²) in [4.78, 5) is 36.6. The molecule has 7 heteroatoms. The van der Waals surface area contributed by atoms with E-state index in [1.807, 2.05) is 30.3 Å². The van der Waals surface area contributed by atoms with Crippen molar-refractivity contribution in [3.05, 3.63) is 95.6 Å². The number of amides is 2. The molecular weight excluding hydrogens is 420 g/mol. The third-order valence-corrected chi connectivity index (χ3v) is 4.99. The highest BCUT2D eigenvalue weighted by Crippen LogP contribution is 2.20. The Morgan fingerprint density at radius 2 is 1.61 bits per heavy atom. The van der Waals surface area contributed by atoms with Crippen LogP contribution >= 0.6 is 0 Å². The predicted octanol–water partition coefficient (Wildman–Crippen LogP) is 3.95. The number of rotatable bonds is 9. The lowest BCUT2D eigenvalue weighted by molar-refractivity contribution is -0.119. The van der Waals surface area contributed by atoms with E-state index >= 15 is 0 Å². The monoisotopic (exact) mass is 444 g/mol. The maximum atomic E-state index is 12.3. The van der Waals surface area contributed by atoms with E-state index in [4.69, 9.17) is 9.47 Å². The second-order valence-electron chi connectivity index (χ2n) is 7.75. The number of benzene rings is 3. The van der Waals surface area contributed by atoms with E-state index in [0.29, 0.717) is 23.4 Å². The molecule has 0 aromatic heterocycles. The molecule has 3 aromatic carbocycles. The van der Waals surface area contributed by atoms with Crippen molar-refractivity contribution in [2.75, 3.05) is 11.9 Å². The standard InChI is InChI=1S/C26H24N2O5/c29-24(27-22-6-4-5-20(15-22)25(30)28-21-13-14-21)17-33-26(31)19-11-9-18(10-12-19)16-32-23-7-2-1-3-8-23/h1-12,15,21H,13-14,16-17H2,(H,27,29)(H,28,30). The van der Waals surface area contributed by atoms with Crippen LogP contribution in [0, 0.1) is 0 Å². The molecule has 2 amide bonds. The lowest BCUT2D eigenvalue weighted by Crippen LogP contribution is -2.25. The molecular formula is C26H24N2O5. The van der Waals surface area contributed by atoms with E-state index in [1.165, 1.54) is 0 Å². The third-order valence-electron chi connectivity index (χ3n) is 4.99. The van der Waals surface area contributed by atoms with Crippen LogP contribution in [0.5, 0.6) is 5.75 Å². The van der Waals surface area contributed by atoms with Gasteiger partial charge in [0.05, 0.1) is 5.56 Å². The summed E-state index contributed by atoms with van der Waals surface area (Å²) in [6.45, 7) is -0.0598. The van der Waals surface area contributed by atoms with E-state index in [1.54, 1.807) is 48.5 Å². The molecule has 168 valence electrons. The lowest BCUT2D eigenvalue weighted by Gasteiger charge is -2.09. The zero-order valence-electron chi connectivity index (χ0n) is 18.0. The third kappa shape index (κ3) is 6.67. The number of para-hydroxylation sites is 1. The van der Waals surface area contributed by atoms with Gasteiger partial charge in [0, 0.05) is 17.3 Å². The van der Waals surface area contributed by atoms with Gasteiger partial charge >= 0.3 is 5.97 Å². The number of nitrogens with one attached hydrogen (secondary N) is 2. The Balaban J connectivity index is 1.23. The van der Waals surface area contributed by atoms with E-state index in [-0.39, 0.29) is 11.9 Å². The van der Waals surface area contributed by atoms with Crippen molar-refractivity contribution in [3.8, 4) is 5.75 Å². The number of hydrogen-bond acceptors (Lipinski definition) is 5. The molecule has 0 spiro atoms. The number of hydrogen-bond donors (Lipinski definition) is 2. The molecule has 1 saturated carbocycles. The fourth-order valence-corrected chi connectivity index (χ4v) is 3.07. The van der Waals surface area contributed by atoms with Crippen LogP contribution in [0.25, 0.3) is 0 Å². The highest BCUT2D eigenvalue weighted by molar-refractivity contribution is 5.98. The molecule has 2 N–H and O–H groups in total. The first-order chi connectivity index (χ1) is 16.1. The van der Waals surface area contributed by atoms with Crippen molar-refractivity contribution in [1.82, 2.24) is 5.32 Å². The van der Waals surface area contributed by atoms with Crippen molar-refractivity contribution in [2.45, 2.75) is 25.5 Å². The van der Waals surface area contributed by atoms with Gasteiger partial charge in [-0.25, -0.2) is 4.79 Å². The molecule has 0 atom stereocenters. The van der Waals surface area contributed by atoms with Gasteiger partial charge in [-0.2, -0.15) is 0 Å². The average Bonchev–Trinajstić information content (AvgIpc) is 3.66. The Morgan fingerprint density at radius 3 is 2.33 bits per heavy atom. The minimum Gasteiger partial charge on any atom is -0.489 e. The van der Waals surface area contributed by atoms with Crippen LogP contribution in [-0.4, -0.2) is 30.4 Å². The summed E-state index contributed by atoms with van der Waals surface area (Å²) < 4.78 is 10.8. The molecule has 1 aliphatic rings. The predicted molar refractivity (Wildman–Crippen MR) is 123 cm³/mol. The first-order valence-electron chi connectivity index (χ1n) is 10.7. The molecule has 4 rings (SSSR count). The van der Waals surface area contributed by atoms with Crippen LogP contribution in [0.3, 0.4) is 0 Å². The molecule has 3 aromatic rings. The maximum Gasteiger partial charge on any atom is 0.338 e. The van der Waals surface area contributed by atoms with Crippen LogP contribution in [0.2, 0.25) is 0 Å². The Hall–Kier alpha value is -4.13. The SMILES string of the molecule is O=C(COC(=O)c1ccc(COc2ccccc2)cc1)Nc1cccc(C(=O)NC2CC2)c1. The molecule has 1 fully saturated rings. The number of anilines is 1. The van der Waals surface area contributed by atoms with E-state index in [2.05, 4.69) is 10.6 Å². The van der Waals surface area contributed by atoms with Gasteiger partial charge in [-0.3, -0.25) is 9.59 Å². The van der Waals surface area contributed by atoms with Gasteiger partial charge in [0.2, 0.25) is 0 Å². The molecule has 0 unspecified atom stereocenters. The van der Waals surface area contributed by atoms with Crippen molar-refractivity contribution in [2.24, 2.45) is 0 Å². The Kier molecular flexibility index (Phi) is 6.99. The van der Waals surface area contributed by atoms with E-state index in [9.17, 15) is 14.4 Å². The Bertz CT molecular complexity index is 1120. The summed E-state index contributed by atoms with van der Waals surface area (Å²) in [5.41, 5.74) is 2.17. The minimum absolute atomic E-state index is 0.169. The van der Waals surface area contributed by atoms with Gasteiger partial charge in [-0.05, 0) is 60.9 Å². The van der Waals surface area contributed by atoms with E-state index < -0.39 is 18.5 Å². The topological polar surface area (TPSA) is 93.7 Å². The second kappa shape index (κ2) is 10.5. The number of carbonyl (C=O) groups is 3. The summed E-state index contributed by atoms with van der Waals surface area (Å²) in [5, 5.41) is 5.54. The average molecular weight is 444 g/mol. The fraction of sp³-hybridized carbons (Fsp3) is 0.192. The Morgan fingerprint density at radius 1 is 0.848 bits per heavy atom. The van der Waals surface area contributed by atoms with Gasteiger partial charge in [0.25, 0.3) is 11.8 Å². The largest absolute Gasteiger partial charge is 0.489 e. The van der Waals surface area contributed by atoms with Gasteiger partial charge < -0.3 is 20.1 Å². The van der Waals surface area contributed by atoms with Crippen LogP contribution in [0.15, 0.2) is 78.9 Å². The zero-order chi connectivity index (χ0) is 23.0. The molecule has 0 heterocycles. The summed E-state index contributed by atoms with van der Waals surface area (Å²) >= 11 is 0. The van der Waals surface area contributed by atoms with Crippen LogP contribution in [0.4, 0.5) is 5.69 Å². The van der Waals surface area contributed by atoms with Gasteiger partial charge in [-0.1, -0.05) is 36.4 Å². The maximum absolute atomic E-state index is 12.3. The summed E-state index contributed by atoms with van der Waals surface area (Å²) in [5.74, 6) is -0.493. The summed E-state index contributed by atoms with van der Waals surface area (Å²) in [7, 11) is 0. The lowest BCUT2D eigenvalue weighted by atomic mass is 10.1. The summed E-state index contributed by atoms with van der Waals surface area (Å²) in [6.07, 6.45) is 2.00. The molecule has 33 heavy (non-hydrogen) atoms. The quantitative estimate of drug-likeness (QED) is 0.488. The van der Waals surface area contributed by atoms with Crippen LogP contribution in [0.1, 0.15) is 39.1 Å². The van der Waals surface area contributed by atoms with Crippen molar-refractivity contribution >= 4 is 23.5 Å². The highest BCUT2D eigenvalue weighted by Gasteiger charge is 2.23.